The molecule has 0 fully saturated rings. The molecule has 10 heteroatoms. The highest BCUT2D eigenvalue weighted by Gasteiger charge is 2.07. The van der Waals surface area contributed by atoms with Crippen molar-refractivity contribution >= 4 is 29.6 Å². The molecule has 0 unspecified atom stereocenters. The first kappa shape index (κ1) is 19.6. The molecule has 0 bridgehead atoms. The third-order valence-electron chi connectivity index (χ3n) is 3.36. The van der Waals surface area contributed by atoms with Crippen LogP contribution in [-0.4, -0.2) is 47.4 Å². The summed E-state index contributed by atoms with van der Waals surface area (Å²) < 4.78 is 10.5. The van der Waals surface area contributed by atoms with Gasteiger partial charge in [-0.15, -0.1) is 11.8 Å². The lowest BCUT2D eigenvalue weighted by Crippen LogP contribution is -2.27. The molecule has 0 aliphatic rings. The fourth-order valence-corrected chi connectivity index (χ4v) is 2.89. The van der Waals surface area contributed by atoms with Gasteiger partial charge >= 0.3 is 0 Å². The van der Waals surface area contributed by atoms with Gasteiger partial charge in [-0.2, -0.15) is 15.0 Å². The molecule has 26 heavy (non-hydrogen) atoms. The van der Waals surface area contributed by atoms with E-state index in [1.165, 1.54) is 11.8 Å². The Hall–Kier alpha value is -2.75. The fourth-order valence-electron chi connectivity index (χ4n) is 2.19. The number of carbonyl (C=O) groups is 1. The number of ether oxygens (including phenoxy) is 2. The van der Waals surface area contributed by atoms with Crippen LogP contribution < -0.4 is 26.3 Å². The Balaban J connectivity index is 1.72. The summed E-state index contributed by atoms with van der Waals surface area (Å²) in [7, 11) is 3.18. The number of nitrogen functional groups attached to an aromatic ring is 2. The van der Waals surface area contributed by atoms with Gasteiger partial charge in [0.05, 0.1) is 25.7 Å². The van der Waals surface area contributed by atoms with Gasteiger partial charge in [-0.1, -0.05) is 6.07 Å². The lowest BCUT2D eigenvalue weighted by Gasteiger charge is -2.10. The lowest BCUT2D eigenvalue weighted by molar-refractivity contribution is -0.118. The van der Waals surface area contributed by atoms with E-state index in [-0.39, 0.29) is 23.6 Å². The molecule has 0 saturated heterocycles. The Bertz CT molecular complexity index is 739. The normalized spacial score (nSPS) is 10.4. The Kier molecular flexibility index (Phi) is 7.27. The maximum atomic E-state index is 11.9. The summed E-state index contributed by atoms with van der Waals surface area (Å²) in [5.74, 6) is 2.61. The van der Waals surface area contributed by atoms with Crippen LogP contribution >= 0.6 is 11.8 Å². The van der Waals surface area contributed by atoms with E-state index < -0.39 is 0 Å². The van der Waals surface area contributed by atoms with E-state index in [4.69, 9.17) is 20.9 Å². The van der Waals surface area contributed by atoms with Crippen LogP contribution in [0.1, 0.15) is 11.4 Å². The van der Waals surface area contributed by atoms with Crippen LogP contribution in [0.15, 0.2) is 18.2 Å². The van der Waals surface area contributed by atoms with E-state index in [0.29, 0.717) is 36.0 Å². The first-order chi connectivity index (χ1) is 12.5. The summed E-state index contributed by atoms with van der Waals surface area (Å²) in [5.41, 5.74) is 12.1. The third kappa shape index (κ3) is 5.96. The average Bonchev–Trinajstić information content (AvgIpc) is 2.60. The number of aromatic nitrogens is 3. The molecule has 0 radical (unpaired) electrons. The van der Waals surface area contributed by atoms with Crippen molar-refractivity contribution in [3.63, 3.8) is 0 Å². The van der Waals surface area contributed by atoms with E-state index in [1.54, 1.807) is 14.2 Å². The summed E-state index contributed by atoms with van der Waals surface area (Å²) in [5, 5.41) is 2.87. The Morgan fingerprint density at radius 2 is 1.81 bits per heavy atom. The number of methoxy groups -OCH3 is 2. The zero-order chi connectivity index (χ0) is 18.9. The Morgan fingerprint density at radius 3 is 2.46 bits per heavy atom. The smallest absolute Gasteiger partial charge is 0.230 e. The van der Waals surface area contributed by atoms with E-state index in [2.05, 4.69) is 20.3 Å². The summed E-state index contributed by atoms with van der Waals surface area (Å²) in [6, 6.07) is 5.69. The van der Waals surface area contributed by atoms with Gasteiger partial charge in [0.2, 0.25) is 17.8 Å². The predicted molar refractivity (Wildman–Crippen MR) is 101 cm³/mol. The number of amides is 1. The highest BCUT2D eigenvalue weighted by Crippen LogP contribution is 2.27. The van der Waals surface area contributed by atoms with E-state index in [1.807, 2.05) is 18.2 Å². The van der Waals surface area contributed by atoms with Crippen molar-refractivity contribution in [2.24, 2.45) is 0 Å². The first-order valence-corrected chi connectivity index (χ1v) is 8.98. The molecule has 1 aromatic heterocycles. The van der Waals surface area contributed by atoms with Crippen molar-refractivity contribution in [2.45, 2.75) is 12.2 Å². The molecule has 5 N–H and O–H groups in total. The van der Waals surface area contributed by atoms with Gasteiger partial charge in [-0.05, 0) is 24.1 Å². The number of nitrogens with zero attached hydrogens (tertiary/aromatic N) is 3. The number of benzene rings is 1. The van der Waals surface area contributed by atoms with Crippen LogP contribution in [0.4, 0.5) is 11.9 Å². The van der Waals surface area contributed by atoms with Crippen molar-refractivity contribution < 1.29 is 14.3 Å². The van der Waals surface area contributed by atoms with Crippen LogP contribution in [0.5, 0.6) is 11.5 Å². The van der Waals surface area contributed by atoms with Gasteiger partial charge < -0.3 is 26.3 Å². The van der Waals surface area contributed by atoms with E-state index in [9.17, 15) is 4.79 Å². The van der Waals surface area contributed by atoms with Crippen molar-refractivity contribution in [3.05, 3.63) is 29.6 Å². The molecular formula is C16H22N6O3S. The van der Waals surface area contributed by atoms with Gasteiger partial charge in [-0.3, -0.25) is 4.79 Å². The quantitative estimate of drug-likeness (QED) is 0.574. The zero-order valence-corrected chi connectivity index (χ0v) is 15.5. The number of hydrogen-bond donors (Lipinski definition) is 3. The third-order valence-corrected chi connectivity index (χ3v) is 4.29. The van der Waals surface area contributed by atoms with Crippen LogP contribution in [0.3, 0.4) is 0 Å². The molecule has 0 aliphatic heterocycles. The molecule has 0 spiro atoms. The minimum atomic E-state index is -0.0644. The lowest BCUT2D eigenvalue weighted by atomic mass is 10.1. The number of rotatable bonds is 9. The number of anilines is 2. The zero-order valence-electron chi connectivity index (χ0n) is 14.7. The minimum Gasteiger partial charge on any atom is -0.493 e. The highest BCUT2D eigenvalue weighted by molar-refractivity contribution is 7.99. The topological polar surface area (TPSA) is 138 Å². The van der Waals surface area contributed by atoms with Crippen molar-refractivity contribution in [1.29, 1.82) is 0 Å². The largest absolute Gasteiger partial charge is 0.493 e. The first-order valence-electron chi connectivity index (χ1n) is 7.83. The molecule has 1 aromatic carbocycles. The maximum Gasteiger partial charge on any atom is 0.230 e. The van der Waals surface area contributed by atoms with Crippen LogP contribution in [0, 0.1) is 0 Å². The van der Waals surface area contributed by atoms with Crippen molar-refractivity contribution in [2.75, 3.05) is 38.0 Å². The molecule has 0 saturated carbocycles. The van der Waals surface area contributed by atoms with Crippen LogP contribution in [0.2, 0.25) is 0 Å². The molecule has 9 nitrogen and oxygen atoms in total. The molecule has 140 valence electrons. The van der Waals surface area contributed by atoms with Crippen molar-refractivity contribution in [1.82, 2.24) is 20.3 Å². The van der Waals surface area contributed by atoms with E-state index >= 15 is 0 Å². The number of thioether (sulfide) groups is 1. The minimum absolute atomic E-state index is 0.0644. The second kappa shape index (κ2) is 9.66. The van der Waals surface area contributed by atoms with E-state index in [0.717, 1.165) is 5.56 Å². The molecule has 1 heterocycles. The van der Waals surface area contributed by atoms with Gasteiger partial charge in [-0.25, -0.2) is 0 Å². The Labute approximate surface area is 155 Å². The molecule has 1 amide bonds. The SMILES string of the molecule is COc1ccc(CCNC(=O)CSCc2nc(N)nc(N)n2)cc1OC. The average molecular weight is 378 g/mol. The molecule has 0 atom stereocenters. The molecule has 2 rings (SSSR count). The second-order valence-electron chi connectivity index (χ2n) is 5.25. The van der Waals surface area contributed by atoms with Gasteiger partial charge in [0.25, 0.3) is 0 Å². The number of nitrogens with two attached hydrogens (primary N) is 2. The molecular weight excluding hydrogens is 356 g/mol. The fraction of sp³-hybridized carbons (Fsp3) is 0.375. The van der Waals surface area contributed by atoms with Gasteiger partial charge in [0, 0.05) is 6.54 Å². The standard InChI is InChI=1S/C16H22N6O3S/c1-24-11-4-3-10(7-12(11)25-2)5-6-19-14(23)9-26-8-13-20-15(17)22-16(18)21-13/h3-4,7H,5-6,8-9H2,1-2H3,(H,19,23)(H4,17,18,20,21,22). The van der Waals surface area contributed by atoms with Crippen LogP contribution in [-0.2, 0) is 17.0 Å². The van der Waals surface area contributed by atoms with Crippen molar-refractivity contribution in [3.8, 4) is 11.5 Å². The maximum absolute atomic E-state index is 11.9. The summed E-state index contributed by atoms with van der Waals surface area (Å²) in [6.45, 7) is 0.528. The summed E-state index contributed by atoms with van der Waals surface area (Å²) in [4.78, 5) is 23.5. The molecule has 0 aliphatic carbocycles. The summed E-state index contributed by atoms with van der Waals surface area (Å²) in [6.07, 6.45) is 0.692. The number of carbonyl (C=O) groups excluding carboxylic acids is 1. The predicted octanol–water partition coefficient (Wildman–Crippen LogP) is 0.645. The number of hydrogen-bond acceptors (Lipinski definition) is 9. The van der Waals surface area contributed by atoms with Crippen LogP contribution in [0.25, 0.3) is 0 Å². The highest BCUT2D eigenvalue weighted by atomic mass is 32.2. The van der Waals surface area contributed by atoms with Gasteiger partial charge in [0.15, 0.2) is 11.5 Å². The second-order valence-corrected chi connectivity index (χ2v) is 6.24. The summed E-state index contributed by atoms with van der Waals surface area (Å²) >= 11 is 1.38. The Morgan fingerprint density at radius 1 is 1.12 bits per heavy atom. The van der Waals surface area contributed by atoms with Gasteiger partial charge in [0.1, 0.15) is 5.82 Å². The monoisotopic (exact) mass is 378 g/mol. The number of nitrogens with one attached hydrogen (secondary N) is 1. The molecule has 2 aromatic rings.